The van der Waals surface area contributed by atoms with Crippen molar-refractivity contribution in [1.82, 2.24) is 4.72 Å². The maximum atomic E-state index is 12.1. The molecule has 0 aliphatic rings. The number of carboxylic acid groups (broad SMARTS) is 1. The highest BCUT2D eigenvalue weighted by molar-refractivity contribution is 7.89. The van der Waals surface area contributed by atoms with E-state index in [4.69, 9.17) is 33.4 Å². The Morgan fingerprint density at radius 3 is 2.52 bits per heavy atom. The van der Waals surface area contributed by atoms with E-state index >= 15 is 0 Å². The number of sulfonamides is 1. The summed E-state index contributed by atoms with van der Waals surface area (Å²) in [6, 6.07) is 2.31. The number of carboxylic acids is 1. The second-order valence-electron chi connectivity index (χ2n) is 4.43. The zero-order valence-electron chi connectivity index (χ0n) is 11.1. The SMILES string of the molecule is CC(O)CCCNS(=O)(=O)c1ccc(Cl)c(C(=O)O)c1Cl. The highest BCUT2D eigenvalue weighted by atomic mass is 35.5. The smallest absolute Gasteiger partial charge is 0.338 e. The zero-order valence-corrected chi connectivity index (χ0v) is 13.5. The quantitative estimate of drug-likeness (QED) is 0.650. The van der Waals surface area contributed by atoms with E-state index in [1.165, 1.54) is 6.07 Å². The Hall–Kier alpha value is -0.860. The number of halogens is 2. The average Bonchev–Trinajstić information content (AvgIpc) is 2.33. The number of hydrogen-bond donors (Lipinski definition) is 3. The molecule has 1 atom stereocenters. The van der Waals surface area contributed by atoms with Gasteiger partial charge in [-0.05, 0) is 31.9 Å². The van der Waals surface area contributed by atoms with Crippen LogP contribution >= 0.6 is 23.2 Å². The van der Waals surface area contributed by atoms with Crippen molar-refractivity contribution in [2.45, 2.75) is 30.8 Å². The highest BCUT2D eigenvalue weighted by Gasteiger charge is 2.24. The molecule has 21 heavy (non-hydrogen) atoms. The molecular weight excluding hydrogens is 341 g/mol. The number of aliphatic hydroxyl groups excluding tert-OH is 1. The van der Waals surface area contributed by atoms with Gasteiger partial charge in [0.15, 0.2) is 0 Å². The Morgan fingerprint density at radius 1 is 1.38 bits per heavy atom. The van der Waals surface area contributed by atoms with Gasteiger partial charge in [0.25, 0.3) is 0 Å². The molecule has 0 aromatic heterocycles. The van der Waals surface area contributed by atoms with Gasteiger partial charge in [0.05, 0.1) is 21.7 Å². The van der Waals surface area contributed by atoms with Crippen LogP contribution < -0.4 is 4.72 Å². The van der Waals surface area contributed by atoms with Crippen LogP contribution in [0.5, 0.6) is 0 Å². The second kappa shape index (κ2) is 7.42. The molecule has 0 saturated heterocycles. The van der Waals surface area contributed by atoms with Crippen LogP contribution in [0.2, 0.25) is 10.0 Å². The summed E-state index contributed by atoms with van der Waals surface area (Å²) in [6.45, 7) is 1.71. The van der Waals surface area contributed by atoms with Crippen LogP contribution in [0, 0.1) is 0 Å². The van der Waals surface area contributed by atoms with Gasteiger partial charge in [-0.15, -0.1) is 0 Å². The van der Waals surface area contributed by atoms with Crippen molar-refractivity contribution < 1.29 is 23.4 Å². The molecule has 0 aliphatic heterocycles. The van der Waals surface area contributed by atoms with Crippen LogP contribution in [0.25, 0.3) is 0 Å². The molecule has 118 valence electrons. The first kappa shape index (κ1) is 18.2. The summed E-state index contributed by atoms with van der Waals surface area (Å²) in [7, 11) is -3.95. The van der Waals surface area contributed by atoms with Gasteiger partial charge >= 0.3 is 5.97 Å². The number of aromatic carboxylic acids is 1. The van der Waals surface area contributed by atoms with E-state index in [0.717, 1.165) is 6.07 Å². The molecule has 0 heterocycles. The van der Waals surface area contributed by atoms with Crippen molar-refractivity contribution in [3.8, 4) is 0 Å². The van der Waals surface area contributed by atoms with Gasteiger partial charge in [0.1, 0.15) is 4.90 Å². The van der Waals surface area contributed by atoms with Gasteiger partial charge in [-0.3, -0.25) is 0 Å². The summed E-state index contributed by atoms with van der Waals surface area (Å²) >= 11 is 11.5. The molecule has 0 aliphatic carbocycles. The lowest BCUT2D eigenvalue weighted by atomic mass is 10.2. The zero-order chi connectivity index (χ0) is 16.2. The van der Waals surface area contributed by atoms with Gasteiger partial charge in [0.2, 0.25) is 10.0 Å². The molecule has 1 aromatic carbocycles. The summed E-state index contributed by atoms with van der Waals surface area (Å²) in [5, 5.41) is 17.5. The van der Waals surface area contributed by atoms with E-state index in [-0.39, 0.29) is 16.5 Å². The predicted molar refractivity (Wildman–Crippen MR) is 79.5 cm³/mol. The summed E-state index contributed by atoms with van der Waals surface area (Å²) in [4.78, 5) is 10.7. The Morgan fingerprint density at radius 2 is 2.00 bits per heavy atom. The molecule has 0 spiro atoms. The number of benzene rings is 1. The van der Waals surface area contributed by atoms with Crippen LogP contribution in [-0.4, -0.2) is 37.2 Å². The van der Waals surface area contributed by atoms with Crippen molar-refractivity contribution >= 4 is 39.2 Å². The molecule has 9 heteroatoms. The minimum absolute atomic E-state index is 0.106. The van der Waals surface area contributed by atoms with Crippen molar-refractivity contribution in [2.75, 3.05) is 6.54 Å². The molecule has 1 unspecified atom stereocenters. The van der Waals surface area contributed by atoms with E-state index in [1.807, 2.05) is 0 Å². The maximum Gasteiger partial charge on any atom is 0.338 e. The molecule has 0 fully saturated rings. The first-order valence-electron chi connectivity index (χ1n) is 6.06. The Labute approximate surface area is 132 Å². The third-order valence-corrected chi connectivity index (χ3v) is 4.97. The molecule has 1 rings (SSSR count). The van der Waals surface area contributed by atoms with E-state index < -0.39 is 32.7 Å². The lowest BCUT2D eigenvalue weighted by Crippen LogP contribution is -2.26. The van der Waals surface area contributed by atoms with Gasteiger partial charge < -0.3 is 10.2 Å². The van der Waals surface area contributed by atoms with Gasteiger partial charge in [-0.25, -0.2) is 17.9 Å². The summed E-state index contributed by atoms with van der Waals surface area (Å²) in [6.07, 6.45) is 0.359. The summed E-state index contributed by atoms with van der Waals surface area (Å²) in [5.41, 5.74) is -0.454. The van der Waals surface area contributed by atoms with Crippen LogP contribution in [0.4, 0.5) is 0 Å². The molecule has 3 N–H and O–H groups in total. The maximum absolute atomic E-state index is 12.1. The molecular formula is C12H15Cl2NO5S. The Kier molecular flexibility index (Phi) is 6.42. The lowest BCUT2D eigenvalue weighted by Gasteiger charge is -2.11. The lowest BCUT2D eigenvalue weighted by molar-refractivity contribution is 0.0697. The first-order chi connectivity index (χ1) is 9.66. The summed E-state index contributed by atoms with van der Waals surface area (Å²) in [5.74, 6) is -1.41. The average molecular weight is 356 g/mol. The largest absolute Gasteiger partial charge is 0.478 e. The molecule has 0 bridgehead atoms. The molecule has 0 saturated carbocycles. The molecule has 0 radical (unpaired) electrons. The molecule has 0 amide bonds. The number of aliphatic hydroxyl groups is 1. The van der Waals surface area contributed by atoms with E-state index in [2.05, 4.69) is 4.72 Å². The van der Waals surface area contributed by atoms with Gasteiger partial charge in [-0.2, -0.15) is 0 Å². The fourth-order valence-corrected chi connectivity index (χ4v) is 3.61. The minimum Gasteiger partial charge on any atom is -0.478 e. The predicted octanol–water partition coefficient (Wildman–Crippen LogP) is 2.13. The third kappa shape index (κ3) is 4.82. The Balaban J connectivity index is 2.99. The van der Waals surface area contributed by atoms with Crippen LogP contribution in [0.1, 0.15) is 30.1 Å². The number of nitrogens with one attached hydrogen (secondary N) is 1. The van der Waals surface area contributed by atoms with Gasteiger partial charge in [0, 0.05) is 6.54 Å². The fourth-order valence-electron chi connectivity index (χ4n) is 1.62. The standard InChI is InChI=1S/C12H15Cl2NO5S/c1-7(16)3-2-6-15-21(19,20)9-5-4-8(13)10(11(9)14)12(17)18/h4-5,7,15-16H,2-3,6H2,1H3,(H,17,18). The summed E-state index contributed by atoms with van der Waals surface area (Å²) < 4.78 is 26.5. The Bertz CT molecular complexity index is 631. The van der Waals surface area contributed by atoms with Crippen LogP contribution in [-0.2, 0) is 10.0 Å². The molecule has 1 aromatic rings. The van der Waals surface area contributed by atoms with Gasteiger partial charge in [-0.1, -0.05) is 23.2 Å². The van der Waals surface area contributed by atoms with Crippen molar-refractivity contribution in [3.63, 3.8) is 0 Å². The van der Waals surface area contributed by atoms with Crippen molar-refractivity contribution in [2.24, 2.45) is 0 Å². The van der Waals surface area contributed by atoms with Crippen molar-refractivity contribution in [3.05, 3.63) is 27.7 Å². The van der Waals surface area contributed by atoms with Crippen molar-refractivity contribution in [1.29, 1.82) is 0 Å². The normalized spacial score (nSPS) is 13.1. The van der Waals surface area contributed by atoms with E-state index in [1.54, 1.807) is 6.92 Å². The number of hydrogen-bond acceptors (Lipinski definition) is 4. The third-order valence-electron chi connectivity index (χ3n) is 2.65. The molecule has 6 nitrogen and oxygen atoms in total. The van der Waals surface area contributed by atoms with Crippen LogP contribution in [0.15, 0.2) is 17.0 Å². The fraction of sp³-hybridized carbons (Fsp3) is 0.417. The number of rotatable bonds is 7. The monoisotopic (exact) mass is 355 g/mol. The second-order valence-corrected chi connectivity index (χ2v) is 6.95. The van der Waals surface area contributed by atoms with Crippen LogP contribution in [0.3, 0.4) is 0 Å². The van der Waals surface area contributed by atoms with E-state index in [0.29, 0.717) is 12.8 Å². The topological polar surface area (TPSA) is 104 Å². The first-order valence-corrected chi connectivity index (χ1v) is 8.29. The highest BCUT2D eigenvalue weighted by Crippen LogP contribution is 2.30. The van der Waals surface area contributed by atoms with E-state index in [9.17, 15) is 13.2 Å². The number of carbonyl (C=O) groups is 1. The minimum atomic E-state index is -3.95.